The van der Waals surface area contributed by atoms with E-state index < -0.39 is 0 Å². The highest BCUT2D eigenvalue weighted by molar-refractivity contribution is 5.88. The van der Waals surface area contributed by atoms with Crippen LogP contribution in [0.4, 0.5) is 10.6 Å². The van der Waals surface area contributed by atoms with Crippen molar-refractivity contribution in [1.29, 1.82) is 0 Å². The minimum absolute atomic E-state index is 0.0577. The summed E-state index contributed by atoms with van der Waals surface area (Å²) in [5, 5.41) is 2.82. The van der Waals surface area contributed by atoms with Gasteiger partial charge in [0, 0.05) is 18.7 Å². The summed E-state index contributed by atoms with van der Waals surface area (Å²) in [6.45, 7) is 3.26. The molecule has 1 aromatic heterocycles. The Labute approximate surface area is 140 Å². The first-order valence-corrected chi connectivity index (χ1v) is 7.75. The Morgan fingerprint density at radius 3 is 3.08 bits per heavy atom. The summed E-state index contributed by atoms with van der Waals surface area (Å²) in [4.78, 5) is 22.6. The summed E-state index contributed by atoms with van der Waals surface area (Å²) in [7, 11) is 1.59. The number of anilines is 1. The van der Waals surface area contributed by atoms with E-state index >= 15 is 0 Å². The van der Waals surface area contributed by atoms with E-state index in [0.29, 0.717) is 31.3 Å². The first-order chi connectivity index (χ1) is 11.7. The summed E-state index contributed by atoms with van der Waals surface area (Å²) in [5.74, 6) is 1.27. The zero-order valence-electron chi connectivity index (χ0n) is 13.7. The summed E-state index contributed by atoms with van der Waals surface area (Å²) < 4.78 is 10.8. The predicted molar refractivity (Wildman–Crippen MR) is 88.7 cm³/mol. The maximum absolute atomic E-state index is 12.7. The number of nitrogens with one attached hydrogen (secondary N) is 1. The van der Waals surface area contributed by atoms with Crippen molar-refractivity contribution in [3.63, 3.8) is 0 Å². The van der Waals surface area contributed by atoms with Crippen LogP contribution in [0.1, 0.15) is 18.2 Å². The van der Waals surface area contributed by atoms with E-state index in [1.807, 2.05) is 31.2 Å². The highest BCUT2D eigenvalue weighted by Crippen LogP contribution is 2.25. The number of benzene rings is 1. The van der Waals surface area contributed by atoms with Gasteiger partial charge < -0.3 is 14.4 Å². The van der Waals surface area contributed by atoms with Crippen molar-refractivity contribution in [2.45, 2.75) is 26.1 Å². The molecule has 1 atom stereocenters. The number of carbonyl (C=O) groups excluding carboxylic acids is 1. The number of carbonyl (C=O) groups is 1. The molecular weight excluding hydrogens is 308 g/mol. The predicted octanol–water partition coefficient (Wildman–Crippen LogP) is 2.44. The van der Waals surface area contributed by atoms with Crippen molar-refractivity contribution in [2.75, 3.05) is 19.0 Å². The molecule has 0 radical (unpaired) electrons. The van der Waals surface area contributed by atoms with E-state index in [4.69, 9.17) is 9.47 Å². The third-order valence-corrected chi connectivity index (χ3v) is 3.84. The van der Waals surface area contributed by atoms with Crippen molar-refractivity contribution in [1.82, 2.24) is 14.9 Å². The molecule has 7 nitrogen and oxygen atoms in total. The molecule has 2 aromatic rings. The molecule has 1 N–H and O–H groups in total. The number of aromatic nitrogens is 2. The van der Waals surface area contributed by atoms with Gasteiger partial charge in [0.15, 0.2) is 0 Å². The third-order valence-electron chi connectivity index (χ3n) is 3.84. The first kappa shape index (κ1) is 16.2. The number of ether oxygens (including phenoxy) is 2. The lowest BCUT2D eigenvalue weighted by Crippen LogP contribution is -2.42. The van der Waals surface area contributed by atoms with Crippen LogP contribution in [0.3, 0.4) is 0 Å². The molecule has 7 heteroatoms. The molecule has 2 amide bonds. The molecule has 126 valence electrons. The van der Waals surface area contributed by atoms with Crippen molar-refractivity contribution in [3.05, 3.63) is 47.9 Å². The third kappa shape index (κ3) is 3.62. The topological polar surface area (TPSA) is 76.6 Å². The number of rotatable bonds is 3. The molecule has 3 rings (SSSR count). The number of fused-ring (bicyclic) bond motifs is 1. The average Bonchev–Trinajstić information content (AvgIpc) is 2.75. The molecular formula is C17H20N4O3. The van der Waals surface area contributed by atoms with Gasteiger partial charge in [-0.1, -0.05) is 18.2 Å². The van der Waals surface area contributed by atoms with E-state index in [2.05, 4.69) is 15.3 Å². The minimum atomic E-state index is -0.218. The quantitative estimate of drug-likeness (QED) is 0.936. The van der Waals surface area contributed by atoms with Gasteiger partial charge >= 0.3 is 6.03 Å². The maximum Gasteiger partial charge on any atom is 0.323 e. The Bertz CT molecular complexity index is 722. The number of urea groups is 1. The zero-order valence-corrected chi connectivity index (χ0v) is 13.7. The van der Waals surface area contributed by atoms with Crippen LogP contribution < -0.4 is 10.1 Å². The molecule has 24 heavy (non-hydrogen) atoms. The molecule has 1 aromatic carbocycles. The highest BCUT2D eigenvalue weighted by Gasteiger charge is 2.25. The van der Waals surface area contributed by atoms with Crippen LogP contribution in [0.25, 0.3) is 0 Å². The van der Waals surface area contributed by atoms with Gasteiger partial charge in [-0.25, -0.2) is 14.8 Å². The Morgan fingerprint density at radius 2 is 2.25 bits per heavy atom. The fourth-order valence-electron chi connectivity index (χ4n) is 2.56. The van der Waals surface area contributed by atoms with Gasteiger partial charge in [0.1, 0.15) is 24.5 Å². The molecule has 1 aliphatic rings. The number of amides is 2. The van der Waals surface area contributed by atoms with Crippen LogP contribution in [0.15, 0.2) is 36.7 Å². The fraction of sp³-hybridized carbons (Fsp3) is 0.353. The van der Waals surface area contributed by atoms with Crippen LogP contribution in [-0.4, -0.2) is 40.7 Å². The first-order valence-electron chi connectivity index (χ1n) is 7.75. The molecule has 1 aliphatic heterocycles. The molecule has 0 aliphatic carbocycles. The second kappa shape index (κ2) is 7.27. The zero-order chi connectivity index (χ0) is 16.9. The van der Waals surface area contributed by atoms with E-state index in [1.54, 1.807) is 18.1 Å². The lowest BCUT2D eigenvalue weighted by molar-refractivity contribution is 0.167. The Kier molecular flexibility index (Phi) is 4.90. The monoisotopic (exact) mass is 328 g/mol. The van der Waals surface area contributed by atoms with Crippen LogP contribution in [0, 0.1) is 0 Å². The van der Waals surface area contributed by atoms with E-state index in [0.717, 1.165) is 11.3 Å². The minimum Gasteiger partial charge on any atom is -0.491 e. The normalized spacial score (nSPS) is 16.8. The molecule has 1 unspecified atom stereocenters. The van der Waals surface area contributed by atoms with Crippen molar-refractivity contribution in [2.24, 2.45) is 0 Å². The smallest absolute Gasteiger partial charge is 0.323 e. The van der Waals surface area contributed by atoms with Gasteiger partial charge in [-0.15, -0.1) is 0 Å². The summed E-state index contributed by atoms with van der Waals surface area (Å²) >= 11 is 0. The number of para-hydroxylation sites is 1. The van der Waals surface area contributed by atoms with Crippen molar-refractivity contribution < 1.29 is 14.3 Å². The number of methoxy groups -OCH3 is 1. The van der Waals surface area contributed by atoms with Crippen LogP contribution in [-0.2, 0) is 17.9 Å². The number of hydrogen-bond acceptors (Lipinski definition) is 5. The van der Waals surface area contributed by atoms with E-state index in [9.17, 15) is 4.79 Å². The maximum atomic E-state index is 12.7. The fourth-order valence-corrected chi connectivity index (χ4v) is 2.56. The molecule has 0 saturated carbocycles. The summed E-state index contributed by atoms with van der Waals surface area (Å²) in [6, 6.07) is 9.18. The van der Waals surface area contributed by atoms with Crippen molar-refractivity contribution in [3.8, 4) is 5.75 Å². The van der Waals surface area contributed by atoms with Crippen molar-refractivity contribution >= 4 is 11.8 Å². The van der Waals surface area contributed by atoms with Gasteiger partial charge in [0.05, 0.1) is 24.9 Å². The van der Waals surface area contributed by atoms with Crippen LogP contribution in [0.5, 0.6) is 5.75 Å². The molecule has 0 fully saturated rings. The average molecular weight is 328 g/mol. The Morgan fingerprint density at radius 1 is 1.42 bits per heavy atom. The number of nitrogens with zero attached hydrogens (tertiary/aromatic N) is 3. The molecule has 0 saturated heterocycles. The highest BCUT2D eigenvalue weighted by atomic mass is 16.5. The largest absolute Gasteiger partial charge is 0.491 e. The van der Waals surface area contributed by atoms with Gasteiger partial charge in [0.2, 0.25) is 0 Å². The summed E-state index contributed by atoms with van der Waals surface area (Å²) in [6.07, 6.45) is 1.41. The van der Waals surface area contributed by atoms with Gasteiger partial charge in [0.25, 0.3) is 0 Å². The van der Waals surface area contributed by atoms with Crippen LogP contribution in [0.2, 0.25) is 0 Å². The number of hydrogen-bond donors (Lipinski definition) is 1. The Hall–Kier alpha value is -2.67. The van der Waals surface area contributed by atoms with E-state index in [-0.39, 0.29) is 12.1 Å². The lowest BCUT2D eigenvalue weighted by Gasteiger charge is -2.26. The standard InChI is InChI=1S/C17H20N4O3/c1-12-9-24-15-6-4-3-5-13(15)8-21(12)17(22)20-16-7-14(10-23-2)18-11-19-16/h3-7,11-12H,8-10H2,1-2H3,(H,18,19,20,22). The molecule has 2 heterocycles. The SMILES string of the molecule is COCc1cc(NC(=O)N2Cc3ccccc3OCC2C)ncn1. The van der Waals surface area contributed by atoms with Gasteiger partial charge in [-0.3, -0.25) is 5.32 Å². The Balaban J connectivity index is 1.75. The summed E-state index contributed by atoms with van der Waals surface area (Å²) in [5.41, 5.74) is 1.69. The lowest BCUT2D eigenvalue weighted by atomic mass is 10.2. The molecule has 0 bridgehead atoms. The molecule has 0 spiro atoms. The van der Waals surface area contributed by atoms with Crippen LogP contribution >= 0.6 is 0 Å². The second-order valence-corrected chi connectivity index (χ2v) is 5.65. The van der Waals surface area contributed by atoms with E-state index in [1.165, 1.54) is 6.33 Å². The van der Waals surface area contributed by atoms with Gasteiger partial charge in [-0.05, 0) is 13.0 Å². The van der Waals surface area contributed by atoms with Gasteiger partial charge in [-0.2, -0.15) is 0 Å². The second-order valence-electron chi connectivity index (χ2n) is 5.65.